The minimum absolute atomic E-state index is 0.0183. The first-order valence-corrected chi connectivity index (χ1v) is 6.46. The lowest BCUT2D eigenvalue weighted by Gasteiger charge is -2.07. The number of aryl methyl sites for hydroxylation is 1. The van der Waals surface area contributed by atoms with Gasteiger partial charge in [0.05, 0.1) is 6.54 Å². The third-order valence-electron chi connectivity index (χ3n) is 3.17. The molecule has 1 aliphatic heterocycles. The molecule has 0 atom stereocenters. The second-order valence-corrected chi connectivity index (χ2v) is 4.71. The molecule has 0 spiro atoms. The lowest BCUT2D eigenvalue weighted by molar-refractivity contribution is 0.101. The highest BCUT2D eigenvalue weighted by molar-refractivity contribution is 5.99. The van der Waals surface area contributed by atoms with Gasteiger partial charge in [-0.05, 0) is 42.8 Å². The summed E-state index contributed by atoms with van der Waals surface area (Å²) in [6.45, 7) is 2.49. The van der Waals surface area contributed by atoms with Gasteiger partial charge in [0.2, 0.25) is 6.79 Å². The Morgan fingerprint density at radius 1 is 1.15 bits per heavy atom. The Labute approximate surface area is 117 Å². The van der Waals surface area contributed by atoms with Crippen molar-refractivity contribution >= 4 is 11.5 Å². The van der Waals surface area contributed by atoms with E-state index in [0.29, 0.717) is 17.1 Å². The molecule has 2 aromatic carbocycles. The molecule has 0 unspecified atom stereocenters. The molecular formula is C16H15NO3. The van der Waals surface area contributed by atoms with Crippen LogP contribution in [0.1, 0.15) is 15.9 Å². The number of nitrogens with one attached hydrogen (secondary N) is 1. The second-order valence-electron chi connectivity index (χ2n) is 4.71. The zero-order valence-electron chi connectivity index (χ0n) is 11.2. The zero-order chi connectivity index (χ0) is 13.9. The molecule has 20 heavy (non-hydrogen) atoms. The fourth-order valence-electron chi connectivity index (χ4n) is 2.11. The molecule has 2 aromatic rings. The van der Waals surface area contributed by atoms with E-state index in [1.165, 1.54) is 0 Å². The van der Waals surface area contributed by atoms with E-state index in [2.05, 4.69) is 5.32 Å². The molecule has 0 aromatic heterocycles. The number of rotatable bonds is 4. The largest absolute Gasteiger partial charge is 0.454 e. The Morgan fingerprint density at radius 2 is 2.00 bits per heavy atom. The van der Waals surface area contributed by atoms with Crippen molar-refractivity contribution in [1.82, 2.24) is 0 Å². The van der Waals surface area contributed by atoms with Crippen molar-refractivity contribution in [1.29, 1.82) is 0 Å². The van der Waals surface area contributed by atoms with Gasteiger partial charge in [-0.1, -0.05) is 12.1 Å². The molecule has 0 bridgehead atoms. The van der Waals surface area contributed by atoms with Gasteiger partial charge in [0, 0.05) is 11.3 Å². The number of hydrogen-bond donors (Lipinski definition) is 1. The van der Waals surface area contributed by atoms with Gasteiger partial charge < -0.3 is 14.8 Å². The first-order valence-electron chi connectivity index (χ1n) is 6.46. The summed E-state index contributed by atoms with van der Waals surface area (Å²) in [4.78, 5) is 12.1. The van der Waals surface area contributed by atoms with Crippen molar-refractivity contribution in [3.8, 4) is 11.5 Å². The molecule has 0 saturated carbocycles. The average Bonchev–Trinajstić information content (AvgIpc) is 2.92. The third kappa shape index (κ3) is 2.59. The van der Waals surface area contributed by atoms with Crippen LogP contribution in [-0.2, 0) is 0 Å². The van der Waals surface area contributed by atoms with Crippen LogP contribution in [0.15, 0.2) is 42.5 Å². The van der Waals surface area contributed by atoms with Gasteiger partial charge in [0.1, 0.15) is 0 Å². The normalized spacial score (nSPS) is 12.2. The number of benzene rings is 2. The number of carbonyl (C=O) groups is 1. The molecule has 3 rings (SSSR count). The molecule has 1 heterocycles. The van der Waals surface area contributed by atoms with Gasteiger partial charge in [-0.25, -0.2) is 0 Å². The summed E-state index contributed by atoms with van der Waals surface area (Å²) in [6, 6.07) is 13.2. The smallest absolute Gasteiger partial charge is 0.231 e. The minimum atomic E-state index is 0.0183. The van der Waals surface area contributed by atoms with Crippen LogP contribution in [0.2, 0.25) is 0 Å². The maximum atomic E-state index is 12.1. The Kier molecular flexibility index (Phi) is 3.29. The fourth-order valence-corrected chi connectivity index (χ4v) is 2.11. The van der Waals surface area contributed by atoms with Gasteiger partial charge in [-0.2, -0.15) is 0 Å². The number of Topliss-reactive ketones (excluding diaryl/α,β-unsaturated/α-hetero) is 1. The third-order valence-corrected chi connectivity index (χ3v) is 3.17. The first kappa shape index (κ1) is 12.5. The van der Waals surface area contributed by atoms with Crippen LogP contribution in [0.3, 0.4) is 0 Å². The molecule has 0 fully saturated rings. The van der Waals surface area contributed by atoms with Crippen LogP contribution in [0, 0.1) is 6.92 Å². The van der Waals surface area contributed by atoms with Gasteiger partial charge in [-0.3, -0.25) is 4.79 Å². The van der Waals surface area contributed by atoms with Crippen LogP contribution in [0.25, 0.3) is 0 Å². The molecule has 0 amide bonds. The highest BCUT2D eigenvalue weighted by Crippen LogP contribution is 2.32. The van der Waals surface area contributed by atoms with Crippen LogP contribution < -0.4 is 14.8 Å². The number of ketones is 1. The van der Waals surface area contributed by atoms with Crippen molar-refractivity contribution in [2.24, 2.45) is 0 Å². The molecule has 0 saturated heterocycles. The lowest BCUT2D eigenvalue weighted by Crippen LogP contribution is -2.13. The quantitative estimate of drug-likeness (QED) is 0.867. The number of anilines is 1. The predicted octanol–water partition coefficient (Wildman–Crippen LogP) is 3.02. The van der Waals surface area contributed by atoms with Crippen LogP contribution in [0.4, 0.5) is 5.69 Å². The summed E-state index contributed by atoms with van der Waals surface area (Å²) in [6.07, 6.45) is 0. The molecular weight excluding hydrogens is 254 g/mol. The molecule has 1 N–H and O–H groups in total. The first-order chi connectivity index (χ1) is 9.72. The summed E-state index contributed by atoms with van der Waals surface area (Å²) in [5.41, 5.74) is 2.72. The maximum absolute atomic E-state index is 12.1. The topological polar surface area (TPSA) is 47.6 Å². The monoisotopic (exact) mass is 269 g/mol. The van der Waals surface area contributed by atoms with Gasteiger partial charge in [0.15, 0.2) is 17.3 Å². The molecule has 4 heteroatoms. The summed E-state index contributed by atoms with van der Waals surface area (Å²) in [7, 11) is 0. The van der Waals surface area contributed by atoms with Gasteiger partial charge in [0.25, 0.3) is 0 Å². The van der Waals surface area contributed by atoms with Crippen molar-refractivity contribution in [2.45, 2.75) is 6.92 Å². The van der Waals surface area contributed by atoms with Crippen molar-refractivity contribution in [3.63, 3.8) is 0 Å². The van der Waals surface area contributed by atoms with E-state index in [4.69, 9.17) is 9.47 Å². The summed E-state index contributed by atoms with van der Waals surface area (Å²) in [5, 5.41) is 3.13. The van der Waals surface area contributed by atoms with Crippen molar-refractivity contribution in [3.05, 3.63) is 53.6 Å². The molecule has 0 aliphatic carbocycles. The number of carbonyl (C=O) groups excluding carboxylic acids is 1. The second kappa shape index (κ2) is 5.25. The molecule has 0 radical (unpaired) electrons. The van der Waals surface area contributed by atoms with E-state index in [-0.39, 0.29) is 19.1 Å². The van der Waals surface area contributed by atoms with Crippen LogP contribution in [-0.4, -0.2) is 19.1 Å². The number of ether oxygens (including phenoxy) is 2. The lowest BCUT2D eigenvalue weighted by atomic mass is 10.1. The summed E-state index contributed by atoms with van der Waals surface area (Å²) >= 11 is 0. The van der Waals surface area contributed by atoms with E-state index in [1.54, 1.807) is 18.2 Å². The van der Waals surface area contributed by atoms with E-state index >= 15 is 0 Å². The van der Waals surface area contributed by atoms with Crippen LogP contribution >= 0.6 is 0 Å². The SMILES string of the molecule is Cc1cccc(NCC(=O)c2ccc3c(c2)OCO3)c1. The molecule has 4 nitrogen and oxygen atoms in total. The minimum Gasteiger partial charge on any atom is -0.454 e. The van der Waals surface area contributed by atoms with E-state index in [0.717, 1.165) is 11.3 Å². The van der Waals surface area contributed by atoms with Crippen molar-refractivity contribution < 1.29 is 14.3 Å². The summed E-state index contributed by atoms with van der Waals surface area (Å²) in [5.74, 6) is 1.34. The van der Waals surface area contributed by atoms with E-state index < -0.39 is 0 Å². The highest BCUT2D eigenvalue weighted by Gasteiger charge is 2.15. The molecule has 102 valence electrons. The van der Waals surface area contributed by atoms with E-state index in [9.17, 15) is 4.79 Å². The maximum Gasteiger partial charge on any atom is 0.231 e. The molecule has 1 aliphatic rings. The Balaban J connectivity index is 1.67. The number of fused-ring (bicyclic) bond motifs is 1. The standard InChI is InChI=1S/C16H15NO3/c1-11-3-2-4-13(7-11)17-9-14(18)12-5-6-15-16(8-12)20-10-19-15/h2-8,17H,9-10H2,1H3. The fraction of sp³-hybridized carbons (Fsp3) is 0.188. The highest BCUT2D eigenvalue weighted by atomic mass is 16.7. The van der Waals surface area contributed by atoms with Gasteiger partial charge in [-0.15, -0.1) is 0 Å². The van der Waals surface area contributed by atoms with Crippen molar-refractivity contribution in [2.75, 3.05) is 18.7 Å². The average molecular weight is 269 g/mol. The predicted molar refractivity (Wildman–Crippen MR) is 76.6 cm³/mol. The Hall–Kier alpha value is -2.49. The van der Waals surface area contributed by atoms with E-state index in [1.807, 2.05) is 31.2 Å². The Morgan fingerprint density at radius 3 is 2.85 bits per heavy atom. The summed E-state index contributed by atoms with van der Waals surface area (Å²) < 4.78 is 10.5. The number of hydrogen-bond acceptors (Lipinski definition) is 4. The Bertz CT molecular complexity index is 652. The zero-order valence-corrected chi connectivity index (χ0v) is 11.2. The van der Waals surface area contributed by atoms with Gasteiger partial charge >= 0.3 is 0 Å². The van der Waals surface area contributed by atoms with Crippen LogP contribution in [0.5, 0.6) is 11.5 Å².